The number of nitrogens with zero attached hydrogens (tertiary/aromatic N) is 4. The van der Waals surface area contributed by atoms with E-state index in [4.69, 9.17) is 28.9 Å². The molecule has 0 amide bonds. The summed E-state index contributed by atoms with van der Waals surface area (Å²) in [7, 11) is 4.56. The van der Waals surface area contributed by atoms with E-state index >= 15 is 0 Å². The van der Waals surface area contributed by atoms with E-state index < -0.39 is 12.1 Å². The van der Waals surface area contributed by atoms with Crippen LogP contribution in [0.1, 0.15) is 48.1 Å². The molecule has 0 spiro atoms. The predicted octanol–water partition coefficient (Wildman–Crippen LogP) is 4.95. The van der Waals surface area contributed by atoms with Crippen LogP contribution >= 0.6 is 0 Å². The number of benzene rings is 1. The monoisotopic (exact) mass is 573 g/mol. The lowest BCUT2D eigenvalue weighted by molar-refractivity contribution is 0.0600. The molecule has 4 heterocycles. The smallest absolute Gasteiger partial charge is 0.339 e. The molecule has 0 bridgehead atoms. The molecule has 220 valence electrons. The Morgan fingerprint density at radius 2 is 1.81 bits per heavy atom. The van der Waals surface area contributed by atoms with Crippen molar-refractivity contribution in [3.63, 3.8) is 0 Å². The summed E-state index contributed by atoms with van der Waals surface area (Å²) < 4.78 is 25.3. The van der Waals surface area contributed by atoms with E-state index in [0.717, 1.165) is 17.5 Å². The predicted molar refractivity (Wildman–Crippen MR) is 159 cm³/mol. The molecule has 0 aliphatic heterocycles. The summed E-state index contributed by atoms with van der Waals surface area (Å²) in [6.07, 6.45) is 4.26. The van der Waals surface area contributed by atoms with Gasteiger partial charge in [0.15, 0.2) is 11.5 Å². The second-order valence-electron chi connectivity index (χ2n) is 9.77. The van der Waals surface area contributed by atoms with Gasteiger partial charge >= 0.3 is 5.97 Å². The molecule has 4 aromatic heterocycles. The molecule has 0 aliphatic carbocycles. The van der Waals surface area contributed by atoms with Crippen molar-refractivity contribution in [1.82, 2.24) is 18.8 Å². The second kappa shape index (κ2) is 12.4. The lowest BCUT2D eigenvalue weighted by Gasteiger charge is -2.11. The first-order valence-electron chi connectivity index (χ1n) is 13.8. The van der Waals surface area contributed by atoms with E-state index in [1.165, 1.54) is 7.11 Å². The highest BCUT2D eigenvalue weighted by Crippen LogP contribution is 2.35. The van der Waals surface area contributed by atoms with E-state index in [2.05, 4.69) is 5.32 Å². The number of ether oxygens (including phenoxy) is 4. The van der Waals surface area contributed by atoms with Crippen molar-refractivity contribution < 1.29 is 28.8 Å². The van der Waals surface area contributed by atoms with E-state index in [0.29, 0.717) is 71.1 Å². The number of hydrogen-bond acceptors (Lipinski definition) is 9. The minimum atomic E-state index is -0.821. The van der Waals surface area contributed by atoms with Crippen molar-refractivity contribution in [3.05, 3.63) is 71.8 Å². The number of carbonyl (C=O) groups is 1. The van der Waals surface area contributed by atoms with E-state index in [9.17, 15) is 9.90 Å². The first-order chi connectivity index (χ1) is 20.4. The van der Waals surface area contributed by atoms with Gasteiger partial charge in [0.2, 0.25) is 0 Å². The summed E-state index contributed by atoms with van der Waals surface area (Å²) >= 11 is 0. The third-order valence-corrected chi connectivity index (χ3v) is 6.91. The highest BCUT2D eigenvalue weighted by Gasteiger charge is 2.23. The maximum atomic E-state index is 12.4. The summed E-state index contributed by atoms with van der Waals surface area (Å²) in [5, 5.41) is 14.1. The Morgan fingerprint density at radius 3 is 2.52 bits per heavy atom. The zero-order valence-corrected chi connectivity index (χ0v) is 24.4. The molecule has 11 heteroatoms. The largest absolute Gasteiger partial charge is 0.493 e. The van der Waals surface area contributed by atoms with Gasteiger partial charge in [-0.2, -0.15) is 0 Å². The Bertz CT molecular complexity index is 1720. The minimum absolute atomic E-state index is 0.381. The lowest BCUT2D eigenvalue weighted by Crippen LogP contribution is -2.09. The zero-order chi connectivity index (χ0) is 29.8. The van der Waals surface area contributed by atoms with Gasteiger partial charge < -0.3 is 33.8 Å². The van der Waals surface area contributed by atoms with Crippen LogP contribution in [0.2, 0.25) is 0 Å². The molecule has 0 aliphatic rings. The fraction of sp³-hybridized carbons (Fsp3) is 0.323. The molecule has 0 saturated carbocycles. The fourth-order valence-electron chi connectivity index (χ4n) is 4.85. The quantitative estimate of drug-likeness (QED) is 0.200. The van der Waals surface area contributed by atoms with Crippen LogP contribution in [0.3, 0.4) is 0 Å². The highest BCUT2D eigenvalue weighted by atomic mass is 16.5. The number of esters is 1. The van der Waals surface area contributed by atoms with Gasteiger partial charge in [-0.1, -0.05) is 13.0 Å². The number of aliphatic hydroxyl groups excluding tert-OH is 1. The van der Waals surface area contributed by atoms with Gasteiger partial charge in [0.1, 0.15) is 40.5 Å². The third kappa shape index (κ3) is 5.55. The Morgan fingerprint density at radius 1 is 1.00 bits per heavy atom. The van der Waals surface area contributed by atoms with Gasteiger partial charge in [-0.3, -0.25) is 4.40 Å². The molecule has 0 fully saturated rings. The number of imidazole rings is 2. The van der Waals surface area contributed by atoms with Crippen LogP contribution in [-0.2, 0) is 11.2 Å². The van der Waals surface area contributed by atoms with Crippen LogP contribution in [0.4, 0.5) is 5.82 Å². The molecule has 11 nitrogen and oxygen atoms in total. The number of rotatable bonds is 12. The summed E-state index contributed by atoms with van der Waals surface area (Å²) in [6, 6.07) is 13.0. The summed E-state index contributed by atoms with van der Waals surface area (Å²) in [4.78, 5) is 22.1. The lowest BCUT2D eigenvalue weighted by atomic mass is 10.1. The molecule has 42 heavy (non-hydrogen) atoms. The molecule has 0 radical (unpaired) electrons. The average molecular weight is 574 g/mol. The molecule has 1 unspecified atom stereocenters. The SMILES string of the molecule is CCCOc1ccn2c(C(C)O)nc(-c3nc4ccc(C(=O)OC)cn4c3NCCc3ccc(OC)c(OC)c3)c2c1. The van der Waals surface area contributed by atoms with Crippen LogP contribution in [0.5, 0.6) is 17.2 Å². The van der Waals surface area contributed by atoms with Crippen molar-refractivity contribution in [2.45, 2.75) is 32.8 Å². The van der Waals surface area contributed by atoms with Gasteiger partial charge in [-0.05, 0) is 55.7 Å². The maximum Gasteiger partial charge on any atom is 0.339 e. The van der Waals surface area contributed by atoms with Crippen LogP contribution < -0.4 is 19.5 Å². The van der Waals surface area contributed by atoms with Gasteiger partial charge in [0, 0.05) is 25.0 Å². The van der Waals surface area contributed by atoms with Crippen molar-refractivity contribution >= 4 is 23.0 Å². The van der Waals surface area contributed by atoms with Crippen LogP contribution in [-0.4, -0.2) is 64.3 Å². The van der Waals surface area contributed by atoms with Gasteiger partial charge in [0.25, 0.3) is 0 Å². The zero-order valence-electron chi connectivity index (χ0n) is 24.4. The van der Waals surface area contributed by atoms with E-state index in [1.54, 1.807) is 39.5 Å². The Balaban J connectivity index is 1.60. The number of nitrogens with one attached hydrogen (secondary N) is 1. The number of carbonyl (C=O) groups excluding carboxylic acids is 1. The van der Waals surface area contributed by atoms with Crippen molar-refractivity contribution in [1.29, 1.82) is 0 Å². The van der Waals surface area contributed by atoms with Gasteiger partial charge in [-0.25, -0.2) is 14.8 Å². The molecule has 2 N–H and O–H groups in total. The van der Waals surface area contributed by atoms with E-state index in [-0.39, 0.29) is 0 Å². The normalized spacial score (nSPS) is 12.0. The number of aromatic nitrogens is 4. The fourth-order valence-corrected chi connectivity index (χ4v) is 4.85. The Hall–Kier alpha value is -4.77. The standard InChI is InChI=1S/C31H35N5O6/c1-6-15-42-22-12-14-35-23(17-22)27(34-29(35)19(2)37)28-30(36-18-21(31(38)41-5)8-10-26(36)33-28)32-13-11-20-7-9-24(39-3)25(16-20)40-4/h7-10,12,14,16-19,32,37H,6,11,13,15H2,1-5H3. The third-order valence-electron chi connectivity index (χ3n) is 6.91. The molecule has 5 aromatic rings. The summed E-state index contributed by atoms with van der Waals surface area (Å²) in [5.41, 5.74) is 3.92. The summed E-state index contributed by atoms with van der Waals surface area (Å²) in [5.74, 6) is 2.69. The summed E-state index contributed by atoms with van der Waals surface area (Å²) in [6.45, 7) is 4.84. The Labute approximate surface area is 243 Å². The van der Waals surface area contributed by atoms with Crippen molar-refractivity contribution in [2.75, 3.05) is 39.8 Å². The molecule has 1 aromatic carbocycles. The second-order valence-corrected chi connectivity index (χ2v) is 9.77. The molecule has 5 rings (SSSR count). The molecular formula is C31H35N5O6. The van der Waals surface area contributed by atoms with Gasteiger partial charge in [-0.15, -0.1) is 0 Å². The first kappa shape index (κ1) is 28.7. The maximum absolute atomic E-state index is 12.4. The number of pyridine rings is 2. The van der Waals surface area contributed by atoms with Gasteiger partial charge in [0.05, 0.1) is 39.0 Å². The molecule has 1 atom stereocenters. The number of aliphatic hydroxyl groups is 1. The number of anilines is 1. The van der Waals surface area contributed by atoms with E-state index in [1.807, 2.05) is 52.3 Å². The topological polar surface area (TPSA) is 121 Å². The average Bonchev–Trinajstić information content (AvgIpc) is 3.57. The van der Waals surface area contributed by atoms with Crippen LogP contribution in [0.15, 0.2) is 54.9 Å². The van der Waals surface area contributed by atoms with Crippen LogP contribution in [0.25, 0.3) is 22.6 Å². The van der Waals surface area contributed by atoms with Crippen molar-refractivity contribution in [2.24, 2.45) is 0 Å². The highest BCUT2D eigenvalue weighted by molar-refractivity contribution is 5.90. The number of methoxy groups -OCH3 is 3. The number of fused-ring (bicyclic) bond motifs is 2. The van der Waals surface area contributed by atoms with Crippen molar-refractivity contribution in [3.8, 4) is 28.6 Å². The van der Waals surface area contributed by atoms with Crippen LogP contribution in [0, 0.1) is 0 Å². The minimum Gasteiger partial charge on any atom is -0.493 e. The first-order valence-corrected chi connectivity index (χ1v) is 13.8. The molecular weight excluding hydrogens is 538 g/mol. The molecule has 0 saturated heterocycles. The number of hydrogen-bond donors (Lipinski definition) is 2. The Kier molecular flexibility index (Phi) is 8.48.